The van der Waals surface area contributed by atoms with Gasteiger partial charge in [0.15, 0.2) is 5.11 Å². The molecule has 2 aromatic carbocycles. The van der Waals surface area contributed by atoms with Crippen LogP contribution in [0, 0.1) is 19.8 Å². The Kier molecular flexibility index (Phi) is 6.38. The summed E-state index contributed by atoms with van der Waals surface area (Å²) < 4.78 is 0. The highest BCUT2D eigenvalue weighted by atomic mass is 32.1. The number of thiocarbonyl (C=S) groups is 1. The van der Waals surface area contributed by atoms with E-state index in [1.807, 2.05) is 0 Å². The van der Waals surface area contributed by atoms with E-state index in [1.165, 1.54) is 35.2 Å². The molecule has 0 aromatic heterocycles. The van der Waals surface area contributed by atoms with Crippen molar-refractivity contribution in [3.63, 3.8) is 0 Å². The van der Waals surface area contributed by atoms with Crippen LogP contribution >= 0.6 is 12.2 Å². The van der Waals surface area contributed by atoms with Crippen LogP contribution in [0.25, 0.3) is 0 Å². The van der Waals surface area contributed by atoms with Crippen molar-refractivity contribution >= 4 is 28.7 Å². The van der Waals surface area contributed by atoms with Crippen LogP contribution in [0.3, 0.4) is 0 Å². The molecule has 0 spiro atoms. The van der Waals surface area contributed by atoms with Crippen molar-refractivity contribution in [2.45, 2.75) is 46.6 Å². The standard InChI is InChI=1S/C23H31N3S/c1-16-11-13-26(14-12-16)21-9-7-20(8-10-21)19(4)24-23(27)25-22-15-17(2)5-6-18(22)3/h5-10,15-16,19H,11-14H2,1-4H3,(H2,24,25,27)/t19-/m1/s1. The highest BCUT2D eigenvalue weighted by Crippen LogP contribution is 2.25. The molecule has 3 rings (SSSR count). The van der Waals surface area contributed by atoms with Crippen molar-refractivity contribution in [1.29, 1.82) is 0 Å². The third-order valence-electron chi connectivity index (χ3n) is 5.53. The minimum Gasteiger partial charge on any atom is -0.372 e. The SMILES string of the molecule is Cc1ccc(C)c(NC(=S)N[C@H](C)c2ccc(N3CCC(C)CC3)cc2)c1. The number of piperidine rings is 1. The number of hydrogen-bond acceptors (Lipinski definition) is 2. The van der Waals surface area contributed by atoms with Crippen molar-refractivity contribution in [3.05, 3.63) is 59.2 Å². The largest absolute Gasteiger partial charge is 0.372 e. The summed E-state index contributed by atoms with van der Waals surface area (Å²) in [5.74, 6) is 0.857. The Morgan fingerprint density at radius 1 is 1.07 bits per heavy atom. The van der Waals surface area contributed by atoms with Crippen LogP contribution in [0.15, 0.2) is 42.5 Å². The molecule has 0 unspecified atom stereocenters. The van der Waals surface area contributed by atoms with Gasteiger partial charge in [0.25, 0.3) is 0 Å². The van der Waals surface area contributed by atoms with E-state index >= 15 is 0 Å². The molecule has 144 valence electrons. The number of hydrogen-bond donors (Lipinski definition) is 2. The van der Waals surface area contributed by atoms with Crippen molar-refractivity contribution in [3.8, 4) is 0 Å². The van der Waals surface area contributed by atoms with Gasteiger partial charge in [0.2, 0.25) is 0 Å². The van der Waals surface area contributed by atoms with Crippen molar-refractivity contribution in [2.24, 2.45) is 5.92 Å². The average molecular weight is 382 g/mol. The summed E-state index contributed by atoms with van der Waals surface area (Å²) in [7, 11) is 0. The zero-order valence-corrected chi connectivity index (χ0v) is 17.7. The summed E-state index contributed by atoms with van der Waals surface area (Å²) >= 11 is 5.52. The average Bonchev–Trinajstić information content (AvgIpc) is 2.65. The molecule has 2 aromatic rings. The van der Waals surface area contributed by atoms with E-state index in [2.05, 4.69) is 85.7 Å². The Hall–Kier alpha value is -2.07. The predicted octanol–water partition coefficient (Wildman–Crippen LogP) is 5.59. The third kappa shape index (κ3) is 5.23. The van der Waals surface area contributed by atoms with Crippen LogP contribution in [0.4, 0.5) is 11.4 Å². The minimum absolute atomic E-state index is 0.158. The molecule has 1 aliphatic rings. The molecular weight excluding hydrogens is 350 g/mol. The molecule has 4 heteroatoms. The molecule has 27 heavy (non-hydrogen) atoms. The third-order valence-corrected chi connectivity index (χ3v) is 5.75. The first-order valence-electron chi connectivity index (χ1n) is 9.92. The molecule has 1 saturated heterocycles. The number of benzene rings is 2. The Morgan fingerprint density at radius 3 is 2.41 bits per heavy atom. The maximum absolute atomic E-state index is 5.52. The number of anilines is 2. The Bertz CT molecular complexity index is 777. The van der Waals surface area contributed by atoms with Gasteiger partial charge < -0.3 is 15.5 Å². The highest BCUT2D eigenvalue weighted by Gasteiger charge is 2.16. The fourth-order valence-corrected chi connectivity index (χ4v) is 3.84. The molecule has 3 nitrogen and oxygen atoms in total. The molecule has 0 bridgehead atoms. The second kappa shape index (κ2) is 8.75. The molecule has 2 N–H and O–H groups in total. The lowest BCUT2D eigenvalue weighted by molar-refractivity contribution is 0.438. The number of nitrogens with one attached hydrogen (secondary N) is 2. The zero-order valence-electron chi connectivity index (χ0n) is 16.9. The maximum Gasteiger partial charge on any atom is 0.171 e. The van der Waals surface area contributed by atoms with Gasteiger partial charge in [-0.15, -0.1) is 0 Å². The first kappa shape index (κ1) is 19.7. The van der Waals surface area contributed by atoms with Crippen molar-refractivity contribution in [1.82, 2.24) is 5.32 Å². The van der Waals surface area contributed by atoms with Crippen LogP contribution in [0.2, 0.25) is 0 Å². The molecule has 1 aliphatic heterocycles. The van der Waals surface area contributed by atoms with Crippen molar-refractivity contribution in [2.75, 3.05) is 23.3 Å². The first-order valence-corrected chi connectivity index (χ1v) is 10.3. The predicted molar refractivity (Wildman–Crippen MR) is 121 cm³/mol. The first-order chi connectivity index (χ1) is 12.9. The summed E-state index contributed by atoms with van der Waals surface area (Å²) in [4.78, 5) is 2.49. The molecular formula is C23H31N3S. The lowest BCUT2D eigenvalue weighted by Crippen LogP contribution is -2.33. The van der Waals surface area contributed by atoms with E-state index in [4.69, 9.17) is 12.2 Å². The van der Waals surface area contributed by atoms with Gasteiger partial charge in [-0.25, -0.2) is 0 Å². The fourth-order valence-electron chi connectivity index (χ4n) is 3.55. The van der Waals surface area contributed by atoms with Crippen molar-refractivity contribution < 1.29 is 0 Å². The van der Waals surface area contributed by atoms with Crippen LogP contribution < -0.4 is 15.5 Å². The maximum atomic E-state index is 5.52. The van der Waals surface area contributed by atoms with E-state index in [9.17, 15) is 0 Å². The zero-order chi connectivity index (χ0) is 19.4. The van der Waals surface area contributed by atoms with Crippen LogP contribution in [0.1, 0.15) is 49.4 Å². The second-order valence-electron chi connectivity index (χ2n) is 7.90. The Balaban J connectivity index is 1.58. The van der Waals surface area contributed by atoms with Crippen LogP contribution in [0.5, 0.6) is 0 Å². The summed E-state index contributed by atoms with van der Waals surface area (Å²) in [5.41, 5.74) is 6.05. The normalized spacial score (nSPS) is 16.1. The molecule has 1 heterocycles. The van der Waals surface area contributed by atoms with E-state index in [1.54, 1.807) is 0 Å². The fraction of sp³-hybridized carbons (Fsp3) is 0.435. The monoisotopic (exact) mass is 381 g/mol. The lowest BCUT2D eigenvalue weighted by atomic mass is 9.98. The number of rotatable bonds is 4. The highest BCUT2D eigenvalue weighted by molar-refractivity contribution is 7.80. The Labute approximate surface area is 169 Å². The minimum atomic E-state index is 0.158. The molecule has 0 amide bonds. The molecule has 1 fully saturated rings. The summed E-state index contributed by atoms with van der Waals surface area (Å²) in [6.45, 7) is 11.0. The van der Waals surface area contributed by atoms with Gasteiger partial charge >= 0.3 is 0 Å². The van der Waals surface area contributed by atoms with Gasteiger partial charge in [-0.05, 0) is 86.6 Å². The lowest BCUT2D eigenvalue weighted by Gasteiger charge is -2.32. The molecule has 0 aliphatic carbocycles. The quantitative estimate of drug-likeness (QED) is 0.675. The van der Waals surface area contributed by atoms with Gasteiger partial charge in [0.1, 0.15) is 0 Å². The molecule has 0 radical (unpaired) electrons. The molecule has 0 saturated carbocycles. The van der Waals surface area contributed by atoms with Gasteiger partial charge in [-0.1, -0.05) is 31.2 Å². The van der Waals surface area contributed by atoms with Crippen LogP contribution in [-0.4, -0.2) is 18.2 Å². The van der Waals surface area contributed by atoms with Gasteiger partial charge in [0.05, 0.1) is 6.04 Å². The summed E-state index contributed by atoms with van der Waals surface area (Å²) in [6.07, 6.45) is 2.58. The van der Waals surface area contributed by atoms with E-state index < -0.39 is 0 Å². The molecule has 1 atom stereocenters. The topological polar surface area (TPSA) is 27.3 Å². The number of aryl methyl sites for hydroxylation is 2. The summed E-state index contributed by atoms with van der Waals surface area (Å²) in [6, 6.07) is 15.4. The van der Waals surface area contributed by atoms with Gasteiger partial charge in [-0.3, -0.25) is 0 Å². The van der Waals surface area contributed by atoms with E-state index in [0.717, 1.165) is 24.7 Å². The van der Waals surface area contributed by atoms with Gasteiger partial charge in [-0.2, -0.15) is 0 Å². The Morgan fingerprint density at radius 2 is 1.74 bits per heavy atom. The van der Waals surface area contributed by atoms with Crippen LogP contribution in [-0.2, 0) is 0 Å². The van der Waals surface area contributed by atoms with E-state index in [-0.39, 0.29) is 6.04 Å². The number of nitrogens with zero attached hydrogens (tertiary/aromatic N) is 1. The van der Waals surface area contributed by atoms with E-state index in [0.29, 0.717) is 5.11 Å². The smallest absolute Gasteiger partial charge is 0.171 e. The second-order valence-corrected chi connectivity index (χ2v) is 8.31. The van der Waals surface area contributed by atoms with Gasteiger partial charge in [0, 0.05) is 24.5 Å². The summed E-state index contributed by atoms with van der Waals surface area (Å²) in [5, 5.41) is 7.39.